The summed E-state index contributed by atoms with van der Waals surface area (Å²) >= 11 is 0. The van der Waals surface area contributed by atoms with Crippen molar-refractivity contribution in [3.05, 3.63) is 34.4 Å². The smallest absolute Gasteiger partial charge is 0.269 e. The summed E-state index contributed by atoms with van der Waals surface area (Å²) in [7, 11) is 0. The summed E-state index contributed by atoms with van der Waals surface area (Å²) in [4.78, 5) is 10.1. The van der Waals surface area contributed by atoms with Crippen molar-refractivity contribution in [3.8, 4) is 5.75 Å². The molecule has 0 aliphatic rings. The van der Waals surface area contributed by atoms with Gasteiger partial charge in [-0.1, -0.05) is 34.1 Å². The highest BCUT2D eigenvalue weighted by molar-refractivity contribution is 5.35. The molecule has 5 nitrogen and oxygen atoms in total. The van der Waals surface area contributed by atoms with Gasteiger partial charge in [0.25, 0.3) is 5.69 Å². The second kappa shape index (κ2) is 8.62. The molecule has 0 heterocycles. The zero-order chi connectivity index (χ0) is 15.8. The first kappa shape index (κ1) is 17.4. The van der Waals surface area contributed by atoms with Gasteiger partial charge < -0.3 is 9.47 Å². The Morgan fingerprint density at radius 3 is 2.29 bits per heavy atom. The van der Waals surface area contributed by atoms with E-state index in [-0.39, 0.29) is 12.5 Å². The zero-order valence-electron chi connectivity index (χ0n) is 13.2. The van der Waals surface area contributed by atoms with Crippen LogP contribution in [0, 0.1) is 27.9 Å². The maximum absolute atomic E-state index is 10.5. The Kier molecular flexibility index (Phi) is 7.15. The molecule has 0 aromatic heterocycles. The van der Waals surface area contributed by atoms with Crippen LogP contribution in [0.15, 0.2) is 24.3 Å². The molecule has 3 unspecified atom stereocenters. The number of rotatable bonds is 9. The van der Waals surface area contributed by atoms with Crippen molar-refractivity contribution in [1.29, 1.82) is 0 Å². The van der Waals surface area contributed by atoms with E-state index in [9.17, 15) is 10.1 Å². The van der Waals surface area contributed by atoms with Gasteiger partial charge in [0.2, 0.25) is 0 Å². The van der Waals surface area contributed by atoms with Gasteiger partial charge in [-0.25, -0.2) is 0 Å². The molecule has 0 spiro atoms. The highest BCUT2D eigenvalue weighted by Crippen LogP contribution is 2.23. The highest BCUT2D eigenvalue weighted by atomic mass is 16.7. The number of nitro groups is 1. The minimum absolute atomic E-state index is 0.0549. The van der Waals surface area contributed by atoms with Gasteiger partial charge in [0, 0.05) is 12.1 Å². The first-order valence-electron chi connectivity index (χ1n) is 7.40. The third kappa shape index (κ3) is 5.71. The van der Waals surface area contributed by atoms with E-state index in [4.69, 9.17) is 9.47 Å². The van der Waals surface area contributed by atoms with Crippen LogP contribution in [0.3, 0.4) is 0 Å². The average Bonchev–Trinajstić information content (AvgIpc) is 2.50. The molecule has 0 fully saturated rings. The molecule has 5 heteroatoms. The van der Waals surface area contributed by atoms with E-state index in [1.165, 1.54) is 18.6 Å². The molecule has 0 aliphatic heterocycles. The van der Waals surface area contributed by atoms with Crippen LogP contribution in [-0.2, 0) is 4.74 Å². The lowest BCUT2D eigenvalue weighted by molar-refractivity contribution is -0.384. The van der Waals surface area contributed by atoms with Crippen LogP contribution in [0.5, 0.6) is 5.75 Å². The number of hydrogen-bond donors (Lipinski definition) is 0. The molecule has 21 heavy (non-hydrogen) atoms. The van der Waals surface area contributed by atoms with Crippen molar-refractivity contribution in [2.75, 3.05) is 13.4 Å². The molecule has 1 aromatic rings. The molecule has 3 atom stereocenters. The van der Waals surface area contributed by atoms with Crippen LogP contribution in [-0.4, -0.2) is 18.3 Å². The highest BCUT2D eigenvalue weighted by Gasteiger charge is 2.17. The lowest BCUT2D eigenvalue weighted by Crippen LogP contribution is -2.21. The van der Waals surface area contributed by atoms with Gasteiger partial charge in [0.05, 0.1) is 11.5 Å². The number of benzene rings is 1. The first-order chi connectivity index (χ1) is 9.95. The second-order valence-corrected chi connectivity index (χ2v) is 5.61. The number of ether oxygens (including phenoxy) is 2. The number of nitro benzene ring substituents is 1. The van der Waals surface area contributed by atoms with Crippen LogP contribution in [0.4, 0.5) is 5.69 Å². The molecule has 0 saturated carbocycles. The molecule has 0 bridgehead atoms. The van der Waals surface area contributed by atoms with Crippen molar-refractivity contribution in [2.24, 2.45) is 17.8 Å². The maximum atomic E-state index is 10.5. The monoisotopic (exact) mass is 295 g/mol. The van der Waals surface area contributed by atoms with Crippen LogP contribution < -0.4 is 4.74 Å². The van der Waals surface area contributed by atoms with E-state index in [0.29, 0.717) is 30.1 Å². The molecule has 0 amide bonds. The number of non-ortho nitro benzene ring substituents is 1. The maximum Gasteiger partial charge on any atom is 0.269 e. The fourth-order valence-corrected chi connectivity index (χ4v) is 2.09. The van der Waals surface area contributed by atoms with Gasteiger partial charge in [0.15, 0.2) is 6.79 Å². The van der Waals surface area contributed by atoms with E-state index in [2.05, 4.69) is 27.7 Å². The summed E-state index contributed by atoms with van der Waals surface area (Å²) in [5, 5.41) is 10.5. The molecule has 1 aromatic carbocycles. The summed E-state index contributed by atoms with van der Waals surface area (Å²) in [6.45, 7) is 9.71. The van der Waals surface area contributed by atoms with Crippen molar-refractivity contribution in [1.82, 2.24) is 0 Å². The fraction of sp³-hybridized carbons (Fsp3) is 0.625. The third-order valence-electron chi connectivity index (χ3n) is 4.18. The Hall–Kier alpha value is -1.62. The van der Waals surface area contributed by atoms with Gasteiger partial charge in [-0.15, -0.1) is 0 Å². The Morgan fingerprint density at radius 2 is 1.76 bits per heavy atom. The minimum Gasteiger partial charge on any atom is -0.468 e. The Balaban J connectivity index is 2.29. The van der Waals surface area contributed by atoms with Crippen LogP contribution in [0.25, 0.3) is 0 Å². The number of hydrogen-bond acceptors (Lipinski definition) is 4. The van der Waals surface area contributed by atoms with E-state index < -0.39 is 4.92 Å². The molecule has 0 aliphatic carbocycles. The predicted octanol–water partition coefficient (Wildman–Crippen LogP) is 4.27. The molecule has 0 radical (unpaired) electrons. The minimum atomic E-state index is -0.432. The standard InChI is InChI=1S/C16H25NO4/c1-5-12(2)14(4)13(3)10-20-11-21-16-8-6-15(7-9-16)17(18)19/h6-9,12-14H,5,10-11H2,1-4H3. The second-order valence-electron chi connectivity index (χ2n) is 5.61. The van der Waals surface area contributed by atoms with Gasteiger partial charge in [-0.05, 0) is 29.9 Å². The van der Waals surface area contributed by atoms with Gasteiger partial charge in [-0.2, -0.15) is 0 Å². The topological polar surface area (TPSA) is 61.6 Å². The molecule has 1 rings (SSSR count). The first-order valence-corrected chi connectivity index (χ1v) is 7.40. The van der Waals surface area contributed by atoms with Gasteiger partial charge >= 0.3 is 0 Å². The summed E-state index contributed by atoms with van der Waals surface area (Å²) in [5.41, 5.74) is 0.0549. The average molecular weight is 295 g/mol. The summed E-state index contributed by atoms with van der Waals surface area (Å²) in [6, 6.07) is 5.99. The van der Waals surface area contributed by atoms with Crippen molar-refractivity contribution in [2.45, 2.75) is 34.1 Å². The van der Waals surface area contributed by atoms with Crippen LogP contribution in [0.1, 0.15) is 34.1 Å². The van der Waals surface area contributed by atoms with Crippen molar-refractivity contribution >= 4 is 5.69 Å². The van der Waals surface area contributed by atoms with Crippen molar-refractivity contribution < 1.29 is 14.4 Å². The van der Waals surface area contributed by atoms with Crippen LogP contribution >= 0.6 is 0 Å². The lowest BCUT2D eigenvalue weighted by Gasteiger charge is -2.25. The Morgan fingerprint density at radius 1 is 1.14 bits per heavy atom. The molecular weight excluding hydrogens is 270 g/mol. The number of nitrogens with zero attached hydrogens (tertiary/aromatic N) is 1. The Bertz CT molecular complexity index is 432. The van der Waals surface area contributed by atoms with E-state index >= 15 is 0 Å². The SMILES string of the molecule is CCC(C)C(C)C(C)COCOc1ccc([N+](=O)[O-])cc1. The predicted molar refractivity (Wildman–Crippen MR) is 82.3 cm³/mol. The molecule has 118 valence electrons. The van der Waals surface area contributed by atoms with E-state index in [1.54, 1.807) is 12.1 Å². The Labute approximate surface area is 126 Å². The summed E-state index contributed by atoms with van der Waals surface area (Å²) in [5.74, 6) is 2.33. The van der Waals surface area contributed by atoms with E-state index in [0.717, 1.165) is 0 Å². The zero-order valence-corrected chi connectivity index (χ0v) is 13.2. The molecule has 0 N–H and O–H groups in total. The molecule has 0 saturated heterocycles. The van der Waals surface area contributed by atoms with Crippen molar-refractivity contribution in [3.63, 3.8) is 0 Å². The third-order valence-corrected chi connectivity index (χ3v) is 4.18. The quantitative estimate of drug-likeness (QED) is 0.295. The normalized spacial score (nSPS) is 15.2. The summed E-state index contributed by atoms with van der Waals surface area (Å²) < 4.78 is 10.9. The molecular formula is C16H25NO4. The van der Waals surface area contributed by atoms with Gasteiger partial charge in [-0.3, -0.25) is 10.1 Å². The van der Waals surface area contributed by atoms with E-state index in [1.807, 2.05) is 0 Å². The lowest BCUT2D eigenvalue weighted by atomic mass is 9.84. The largest absolute Gasteiger partial charge is 0.468 e. The van der Waals surface area contributed by atoms with Gasteiger partial charge in [0.1, 0.15) is 5.75 Å². The fourth-order valence-electron chi connectivity index (χ4n) is 2.09. The van der Waals surface area contributed by atoms with Crippen LogP contribution in [0.2, 0.25) is 0 Å². The summed E-state index contributed by atoms with van der Waals surface area (Å²) in [6.07, 6.45) is 1.17.